The molecule has 1 aromatic carbocycles. The molecule has 5 aliphatic carbocycles. The summed E-state index contributed by atoms with van der Waals surface area (Å²) in [5, 5.41) is 39.4. The van der Waals surface area contributed by atoms with E-state index in [1.807, 2.05) is 0 Å². The minimum Gasteiger partial charge on any atom is -0.632 e. The number of ether oxygens (including phenoxy) is 5. The van der Waals surface area contributed by atoms with Crippen LogP contribution in [0.15, 0.2) is 30.3 Å². The number of carbonyl (C=O) groups excluding carboxylic acids is 3. The van der Waals surface area contributed by atoms with Gasteiger partial charge in [0.05, 0.1) is 35.8 Å². The Balaban J connectivity index is 1.48. The smallest absolute Gasteiger partial charge is 0.338 e. The third kappa shape index (κ3) is 3.35. The van der Waals surface area contributed by atoms with Crippen LogP contribution in [0.5, 0.6) is 0 Å². The van der Waals surface area contributed by atoms with Crippen LogP contribution in [-0.2, 0) is 33.3 Å². The fourth-order valence-corrected chi connectivity index (χ4v) is 11.5. The second kappa shape index (κ2) is 9.78. The van der Waals surface area contributed by atoms with Crippen molar-refractivity contribution in [1.29, 1.82) is 0 Å². The number of methoxy groups -OCH3 is 3. The summed E-state index contributed by atoms with van der Waals surface area (Å²) in [6.07, 6.45) is -5.15. The summed E-state index contributed by atoms with van der Waals surface area (Å²) >= 11 is 0. The van der Waals surface area contributed by atoms with E-state index in [1.54, 1.807) is 44.4 Å². The third-order valence-electron chi connectivity index (χ3n) is 12.6. The van der Waals surface area contributed by atoms with Gasteiger partial charge in [0.2, 0.25) is 0 Å². The van der Waals surface area contributed by atoms with E-state index >= 15 is 5.21 Å². The van der Waals surface area contributed by atoms with Crippen molar-refractivity contribution in [2.75, 3.05) is 34.4 Å². The van der Waals surface area contributed by atoms with Gasteiger partial charge in [0.25, 0.3) is 0 Å². The Bertz CT molecular complexity index is 1370. The molecule has 7 bridgehead atoms. The largest absolute Gasteiger partial charge is 0.632 e. The Labute approximate surface area is 255 Å². The molecule has 44 heavy (non-hydrogen) atoms. The highest BCUT2D eigenvalue weighted by atomic mass is 16.6. The number of ketones is 1. The number of quaternary nitrogens is 1. The number of aliphatic hydroxyl groups is 2. The molecule has 6 fully saturated rings. The third-order valence-corrected chi connectivity index (χ3v) is 12.6. The molecule has 2 N–H and O–H groups in total. The molecular formula is C32H41NO11. The predicted molar refractivity (Wildman–Crippen MR) is 150 cm³/mol. The molecule has 1 aliphatic heterocycles. The van der Waals surface area contributed by atoms with Gasteiger partial charge in [0, 0.05) is 58.3 Å². The van der Waals surface area contributed by atoms with E-state index in [4.69, 9.17) is 23.7 Å². The van der Waals surface area contributed by atoms with Gasteiger partial charge in [-0.1, -0.05) is 18.2 Å². The van der Waals surface area contributed by atoms with Crippen molar-refractivity contribution < 1.29 is 52.9 Å². The number of benzene rings is 1. The van der Waals surface area contributed by atoms with Crippen LogP contribution in [0.1, 0.15) is 37.0 Å². The lowest BCUT2D eigenvalue weighted by atomic mass is 9.45. The number of hydrogen-bond acceptors (Lipinski definition) is 11. The normalized spacial score (nSPS) is 51.2. The van der Waals surface area contributed by atoms with Gasteiger partial charge in [0.1, 0.15) is 29.9 Å². The number of esters is 2. The Hall–Kier alpha value is -2.45. The van der Waals surface area contributed by atoms with Crippen molar-refractivity contribution in [2.45, 2.75) is 74.5 Å². The number of Topliss-reactive ketones (excluding diaryl/α,β-unsaturated/α-hetero) is 1. The quantitative estimate of drug-likeness (QED) is 0.254. The van der Waals surface area contributed by atoms with E-state index < -0.39 is 105 Å². The number of hydrogen-bond donors (Lipinski definition) is 2. The topological polar surface area (TPSA) is 161 Å². The van der Waals surface area contributed by atoms with Crippen molar-refractivity contribution in [3.8, 4) is 0 Å². The molecule has 1 aromatic rings. The second-order valence-electron chi connectivity index (χ2n) is 13.8. The standard InChI is InChI=1S/C32H41NO11/c1-6-33(39)14-31(42-5)18(35)12-19(40-3)32-17-13-30(38)27(44-29(37)16-10-8-7-9-11-16)20(17)21(23(36)28(30)43-15(2)34)22(26(32)33)24(41-4)25(31)32/h7-11,17-22,24-28,35,38H,6,12-14H2,1-5H3/t17-,18-,19+,20+,21+,22-,24+,25-,26?,27-,28-,30-,31+,32?,33?/m1/s1. The second-order valence-corrected chi connectivity index (χ2v) is 13.8. The summed E-state index contributed by atoms with van der Waals surface area (Å²) in [7, 11) is 4.58. The molecule has 240 valence electrons. The van der Waals surface area contributed by atoms with Gasteiger partial charge in [-0.2, -0.15) is 0 Å². The van der Waals surface area contributed by atoms with Crippen LogP contribution in [0.4, 0.5) is 0 Å². The van der Waals surface area contributed by atoms with E-state index in [9.17, 15) is 24.6 Å². The minimum atomic E-state index is -2.05. The number of hydroxylamine groups is 3. The van der Waals surface area contributed by atoms with Crippen molar-refractivity contribution in [2.24, 2.45) is 35.0 Å². The lowest BCUT2D eigenvalue weighted by Crippen LogP contribution is -2.83. The molecule has 0 radical (unpaired) electrons. The number of piperidine rings is 1. The molecule has 5 saturated carbocycles. The molecule has 12 nitrogen and oxygen atoms in total. The van der Waals surface area contributed by atoms with Crippen LogP contribution >= 0.6 is 0 Å². The molecule has 1 heterocycles. The summed E-state index contributed by atoms with van der Waals surface area (Å²) in [4.78, 5) is 40.5. The van der Waals surface area contributed by atoms with Gasteiger partial charge in [-0.05, 0) is 31.4 Å². The SMILES string of the molecule is CC[N+]1([O-])C[C@]2(OC)[C@H](O)C[C@H](OC)C34C1[C@@H]([C@H](OC)[C@@H]32)[C@H]1C(=O)[C@@H](OC(C)=O)[C@@]2(O)C[C@@H]4[C@@H]1[C@H]2OC(=O)c1ccccc1. The van der Waals surface area contributed by atoms with Crippen LogP contribution in [0.3, 0.4) is 0 Å². The zero-order chi connectivity index (χ0) is 31.6. The molecule has 6 aliphatic rings. The first-order valence-corrected chi connectivity index (χ1v) is 15.5. The van der Waals surface area contributed by atoms with E-state index in [-0.39, 0.29) is 31.5 Å². The van der Waals surface area contributed by atoms with Gasteiger partial charge >= 0.3 is 11.9 Å². The molecule has 7 rings (SSSR count). The number of aliphatic hydroxyl groups excluding tert-OH is 1. The highest BCUT2D eigenvalue weighted by Crippen LogP contribution is 2.78. The van der Waals surface area contributed by atoms with Crippen LogP contribution in [0.2, 0.25) is 0 Å². The first kappa shape index (κ1) is 30.2. The van der Waals surface area contributed by atoms with Crippen LogP contribution in [0, 0.1) is 40.2 Å². The van der Waals surface area contributed by atoms with Crippen LogP contribution in [0.25, 0.3) is 0 Å². The summed E-state index contributed by atoms with van der Waals surface area (Å²) < 4.78 is 29.6. The highest BCUT2D eigenvalue weighted by Gasteiger charge is 2.91. The van der Waals surface area contributed by atoms with Gasteiger partial charge in [-0.3, -0.25) is 9.59 Å². The fraction of sp³-hybridized carbons (Fsp3) is 0.719. The van der Waals surface area contributed by atoms with E-state index in [0.29, 0.717) is 0 Å². The van der Waals surface area contributed by atoms with Crippen molar-refractivity contribution in [1.82, 2.24) is 0 Å². The molecular weight excluding hydrogens is 574 g/mol. The molecule has 0 aromatic heterocycles. The number of carbonyl (C=O) groups is 3. The van der Waals surface area contributed by atoms with Crippen LogP contribution < -0.4 is 0 Å². The number of likely N-dealkylation sites (tertiary alicyclic amines) is 1. The fourth-order valence-electron chi connectivity index (χ4n) is 11.5. The first-order chi connectivity index (χ1) is 20.9. The summed E-state index contributed by atoms with van der Waals surface area (Å²) in [6, 6.07) is 7.65. The maximum absolute atomic E-state index is 15.2. The molecule has 12 heteroatoms. The average molecular weight is 616 g/mol. The van der Waals surface area contributed by atoms with Gasteiger partial charge < -0.3 is 43.8 Å². The zero-order valence-electron chi connectivity index (χ0n) is 25.6. The predicted octanol–water partition coefficient (Wildman–Crippen LogP) is 0.852. The number of fused-ring (bicyclic) bond motifs is 2. The van der Waals surface area contributed by atoms with E-state index in [1.165, 1.54) is 14.2 Å². The molecule has 1 saturated heterocycles. The zero-order valence-corrected chi connectivity index (χ0v) is 25.6. The maximum Gasteiger partial charge on any atom is 0.338 e. The van der Waals surface area contributed by atoms with E-state index in [0.717, 1.165) is 6.92 Å². The molecule has 1 spiro atoms. The molecule has 15 atom stereocenters. The van der Waals surface area contributed by atoms with Gasteiger partial charge in [0.15, 0.2) is 11.9 Å². The number of nitrogens with zero attached hydrogens (tertiary/aromatic N) is 1. The van der Waals surface area contributed by atoms with Gasteiger partial charge in [-0.25, -0.2) is 4.79 Å². The van der Waals surface area contributed by atoms with Crippen molar-refractivity contribution >= 4 is 17.7 Å². The average Bonchev–Trinajstić information content (AvgIpc) is 3.39. The Morgan fingerprint density at radius 3 is 2.39 bits per heavy atom. The first-order valence-electron chi connectivity index (χ1n) is 15.5. The Kier molecular flexibility index (Phi) is 6.71. The Morgan fingerprint density at radius 1 is 1.09 bits per heavy atom. The number of rotatable bonds is 7. The van der Waals surface area contributed by atoms with Crippen molar-refractivity contribution in [3.05, 3.63) is 41.1 Å². The lowest BCUT2D eigenvalue weighted by molar-refractivity contribution is -0.932. The molecule has 3 unspecified atom stereocenters. The lowest BCUT2D eigenvalue weighted by Gasteiger charge is -2.71. The Morgan fingerprint density at radius 2 is 1.80 bits per heavy atom. The van der Waals surface area contributed by atoms with Crippen LogP contribution in [-0.4, -0.2) is 115 Å². The summed E-state index contributed by atoms with van der Waals surface area (Å²) in [5.74, 6) is -5.47. The van der Waals surface area contributed by atoms with E-state index in [2.05, 4.69) is 0 Å². The summed E-state index contributed by atoms with van der Waals surface area (Å²) in [5.41, 5.74) is -4.12. The minimum absolute atomic E-state index is 0.0343. The number of likely N-dealkylation sites (N-methyl/N-ethyl adjacent to an activating group) is 1. The highest BCUT2D eigenvalue weighted by molar-refractivity contribution is 5.93. The summed E-state index contributed by atoms with van der Waals surface area (Å²) in [6.45, 7) is 3.06. The molecule has 0 amide bonds. The maximum atomic E-state index is 15.2. The van der Waals surface area contributed by atoms with Gasteiger partial charge in [-0.15, -0.1) is 0 Å². The monoisotopic (exact) mass is 615 g/mol. The van der Waals surface area contributed by atoms with Crippen molar-refractivity contribution in [3.63, 3.8) is 0 Å².